The van der Waals surface area contributed by atoms with Gasteiger partial charge in [-0.15, -0.1) is 5.60 Å². The minimum atomic E-state index is -1.46. The molecule has 0 atom stereocenters. The summed E-state index contributed by atoms with van der Waals surface area (Å²) < 4.78 is 26.6. The summed E-state index contributed by atoms with van der Waals surface area (Å²) in [6.07, 6.45) is 1.15. The van der Waals surface area contributed by atoms with Crippen molar-refractivity contribution in [1.82, 2.24) is 29.9 Å². The number of benzene rings is 14. The van der Waals surface area contributed by atoms with E-state index in [1.54, 1.807) is 197 Å². The number of hydrogen-bond acceptors (Lipinski definition) is 29. The van der Waals surface area contributed by atoms with Crippen LogP contribution < -0.4 is 120 Å². The monoisotopic (exact) mass is 2190 g/mol. The maximum absolute atomic E-state index is 10.9. The van der Waals surface area contributed by atoms with Crippen LogP contribution in [0.2, 0.25) is 0 Å². The van der Waals surface area contributed by atoms with Crippen LogP contribution in [-0.2, 0) is 20.4 Å². The first-order valence-corrected chi connectivity index (χ1v) is 44.0. The molecule has 17 rings (SSSR count). The van der Waals surface area contributed by atoms with E-state index in [1.165, 1.54) is 65.9 Å². The molecule has 0 amide bonds. The van der Waals surface area contributed by atoms with E-state index in [2.05, 4.69) is 71.9 Å². The Balaban J connectivity index is 0.000000242. The van der Waals surface area contributed by atoms with Crippen LogP contribution in [0.25, 0.3) is 121 Å². The number of halogens is 1. The fourth-order valence-electron chi connectivity index (χ4n) is 13.6. The summed E-state index contributed by atoms with van der Waals surface area (Å²) in [4.78, 5) is 51.2. The van der Waals surface area contributed by atoms with Crippen LogP contribution in [0.4, 0.5) is 22.7 Å². The Labute approximate surface area is 925 Å². The van der Waals surface area contributed by atoms with Crippen molar-refractivity contribution in [2.24, 2.45) is 33.2 Å². The van der Waals surface area contributed by atoms with Gasteiger partial charge in [-0.3, -0.25) is 20.4 Å². The molecule has 0 radical (unpaired) electrons. The first-order chi connectivity index (χ1) is 70.3. The quantitative estimate of drug-likeness (QED) is 0.00522. The second kappa shape index (κ2) is 55.4. The van der Waals surface area contributed by atoms with Crippen LogP contribution in [0.3, 0.4) is 0 Å². The number of phenolic OH excluding ortho intramolecular Hbond substituents is 5. The van der Waals surface area contributed by atoms with E-state index < -0.39 is 12.7 Å². The predicted molar refractivity (Wildman–Crippen MR) is 570 cm³/mol. The summed E-state index contributed by atoms with van der Waals surface area (Å²) in [5.41, 5.74) is 51.2. The molecule has 0 aliphatic carbocycles. The van der Waals surface area contributed by atoms with Crippen LogP contribution in [0.5, 0.6) is 57.5 Å². The molecular weight excluding hydrogens is 2100 g/mol. The number of aromatic hydroxyl groups is 5. The molecule has 0 bridgehead atoms. The van der Waals surface area contributed by atoms with Gasteiger partial charge in [0.1, 0.15) is 29.1 Å². The minimum absolute atomic E-state index is 0. The molecule has 150 heavy (non-hydrogen) atoms. The van der Waals surface area contributed by atoms with Crippen molar-refractivity contribution < 1.29 is 156 Å². The number of H-pyrrole nitrogens is 3. The molecule has 0 unspecified atom stereocenters. The molecule has 42 heteroatoms. The Morgan fingerprint density at radius 3 is 1.09 bits per heavy atom. The number of nitriles is 3. The number of imidazole rings is 3. The van der Waals surface area contributed by atoms with E-state index >= 15 is 0 Å². The fraction of sp³-hybridized carbons (Fsp3) is 0.0833. The Bertz CT molecular complexity index is 8010. The SMILES string of the molecule is CC(C)(C)[O-].COc1cc(-c2ccc(/C(N)=N\O)cc2)cc(-c2nc3ccc(/C(N)=N/O)cc3[nH]2)c1O.COc1cc(-c2ccc(C(=N)N)cc2)cc(-c2nc3ccc(C(=N)N)cc3[nH]2)c1O.COc1cc(Br)cc(C=O)c1O.N#Cc1ccc(B(O)O)cc1.N#Cc1ccc(N)c(N)c1.[C-]#[N+]c1ccc(-c2cc(C=O)c(O)c(OC)c2)cc1.[C-]#[N+]c1ccc(-c2cc(OC)c(O)c(-c3nc4ccc(C#N)cc4[nH]3)c2)cc1.[CH3-].[K+].[Pd]. The van der Waals surface area contributed by atoms with E-state index in [-0.39, 0.29) is 160 Å². The number of amidine groups is 4. The number of nitrogen functional groups attached to an aromatic ring is 4. The smallest absolute Gasteiger partial charge is 0.850 e. The third kappa shape index (κ3) is 31.1. The number of fused-ring (bicyclic) bond motifs is 3. The maximum Gasteiger partial charge on any atom is 1.00 e. The molecule has 0 saturated heterocycles. The molecule has 38 nitrogen and oxygen atoms in total. The van der Waals surface area contributed by atoms with Crippen molar-refractivity contribution >= 4 is 120 Å². The first kappa shape index (κ1) is 119. The topological polar surface area (TPSA) is 680 Å². The third-order valence-electron chi connectivity index (χ3n) is 21.2. The number of nitrogens with one attached hydrogen (secondary N) is 5. The van der Waals surface area contributed by atoms with Gasteiger partial charge in [0.15, 0.2) is 93.1 Å². The number of aldehydes is 2. The average Bonchev–Trinajstić information content (AvgIpc) is 1.62. The summed E-state index contributed by atoms with van der Waals surface area (Å²) in [7, 11) is 5.84. The number of carbonyl (C=O) groups excluding carboxylic acids is 2. The van der Waals surface area contributed by atoms with Crippen molar-refractivity contribution in [1.29, 1.82) is 26.6 Å². The molecule has 0 fully saturated rings. The van der Waals surface area contributed by atoms with Crippen molar-refractivity contribution in [3.05, 3.63) is 340 Å². The number of phenols is 5. The molecular formula is C108H97BBrKN21O17Pd-. The van der Waals surface area contributed by atoms with Gasteiger partial charge >= 0.3 is 58.5 Å². The van der Waals surface area contributed by atoms with Crippen LogP contribution in [0.1, 0.15) is 80.4 Å². The second-order valence-corrected chi connectivity index (χ2v) is 33.0. The number of oxime groups is 2. The summed E-state index contributed by atoms with van der Waals surface area (Å²) in [6.45, 7) is 18.9. The fourth-order valence-corrected chi connectivity index (χ4v) is 14.1. The molecule has 3 aromatic heterocycles. The van der Waals surface area contributed by atoms with Gasteiger partial charge in [0, 0.05) is 47.1 Å². The Morgan fingerprint density at radius 2 is 0.733 bits per heavy atom. The zero-order chi connectivity index (χ0) is 107. The Hall–Kier alpha value is -17.9. The third-order valence-corrected chi connectivity index (χ3v) is 21.6. The van der Waals surface area contributed by atoms with Crippen molar-refractivity contribution in [3.8, 4) is 154 Å². The minimum Gasteiger partial charge on any atom is -0.850 e. The zero-order valence-electron chi connectivity index (χ0n) is 81.9. The van der Waals surface area contributed by atoms with Crippen molar-refractivity contribution in [2.45, 2.75) is 26.4 Å². The standard InChI is InChI=1S/C22H20N6O4.C22H20N6O2.C22H14N4O2.C15H11NO3.C8H7BrO3.C7H6BNO2.C7H7N3.C4H9O.CH3.K.Pd/c1-32-18-10-14(11-2-4-12(5-3-11)20(23)27-30)8-15(19(18)29)22-25-16-7-6-13(21(24)28-31)9-17(16)26-22;1-30-18-10-14(11-2-4-12(5-3-11)20(23)24)8-15(19(18)29)22-27-16-7-6-13(21(25)26)9-17(16)28-22;1-24-16-6-4-14(5-7-16)15-10-17(21(27)20(11-15)28-2)22-25-18-8-3-13(12-23)9-19(18)26-22;1-16-13-5-3-10(4-6-13)11-7-12(9-17)15(18)14(8-11)19-2;1-12-7-3-6(9)2-5(4-10)8(7)11;9-5-6-1-3-7(4-2-6)8(10)11;8-4-5-1-2-6(9)7(10)3-5;1-4(2,3)5;;;/h2-10,29-31H,1H3,(H2,23,27)(H2,24,28)(H,25,26);2-10,29H,1H3,(H3,23,24)(H3,25,26)(H,27,28);3-11,27H,2H3,(H,25,26);3-9,18H,2H3;2-4,11H,1H3;1-4,10-11H;1-3H,9-10H2;1-3H3;1H3;;/q;;;;;;;2*-1;+1;. The molecule has 0 aliphatic heterocycles. The normalized spacial score (nSPS) is 10.3. The van der Waals surface area contributed by atoms with E-state index in [1.807, 2.05) is 60.7 Å². The number of carbonyl (C=O) groups is 2. The molecule has 17 aromatic rings. The molecule has 3 heterocycles. The van der Waals surface area contributed by atoms with E-state index in [9.17, 15) is 40.2 Å². The number of anilines is 2. The summed E-state index contributed by atoms with van der Waals surface area (Å²) in [6, 6.07) is 77.7. The molecule has 14 aromatic carbocycles. The largest absolute Gasteiger partial charge is 1.00 e. The van der Waals surface area contributed by atoms with Gasteiger partial charge in [0.25, 0.3) is 0 Å². The van der Waals surface area contributed by atoms with Gasteiger partial charge in [0.2, 0.25) is 0 Å². The van der Waals surface area contributed by atoms with E-state index in [4.69, 9.17) is 118 Å². The number of nitrogens with two attached hydrogens (primary N) is 6. The van der Waals surface area contributed by atoms with Gasteiger partial charge in [-0.25, -0.2) is 24.6 Å². The molecule has 0 aliphatic rings. The van der Waals surface area contributed by atoms with Gasteiger partial charge in [-0.05, 0) is 196 Å². The van der Waals surface area contributed by atoms with Crippen molar-refractivity contribution in [2.75, 3.05) is 47.0 Å². The number of aromatic nitrogens is 6. The number of aromatic amines is 3. The van der Waals surface area contributed by atoms with Crippen LogP contribution in [0.15, 0.2) is 270 Å². The number of rotatable bonds is 19. The first-order valence-electron chi connectivity index (χ1n) is 43.2. The molecule has 0 saturated carbocycles. The number of ether oxygens (including phenoxy) is 5. The van der Waals surface area contributed by atoms with Gasteiger partial charge in [-0.1, -0.05) is 156 Å². The van der Waals surface area contributed by atoms with Crippen molar-refractivity contribution in [3.63, 3.8) is 0 Å². The van der Waals surface area contributed by atoms with E-state index in [0.29, 0.717) is 163 Å². The Kier molecular flexibility index (Phi) is 44.0. The van der Waals surface area contributed by atoms with Gasteiger partial charge in [-0.2, -0.15) is 15.8 Å². The number of hydrogen-bond donors (Lipinski definition) is 20. The summed E-state index contributed by atoms with van der Waals surface area (Å²) >= 11 is 3.18. The average molecular weight is 2200 g/mol. The van der Waals surface area contributed by atoms with Gasteiger partial charge < -0.3 is 132 Å². The van der Waals surface area contributed by atoms with Crippen LogP contribution >= 0.6 is 15.9 Å². The van der Waals surface area contributed by atoms with Crippen LogP contribution in [-0.4, -0.2) is 160 Å². The number of methoxy groups -OCH3 is 5. The maximum atomic E-state index is 10.9. The molecule has 26 N–H and O–H groups in total. The summed E-state index contributed by atoms with van der Waals surface area (Å²) in [5, 5.41) is 143. The van der Waals surface area contributed by atoms with E-state index in [0.717, 1.165) is 44.5 Å². The van der Waals surface area contributed by atoms with Gasteiger partial charge in [0.05, 0.1) is 156 Å². The zero-order valence-corrected chi connectivity index (χ0v) is 88.2. The molecule has 758 valence electrons. The summed E-state index contributed by atoms with van der Waals surface area (Å²) in [5.74, 6) is 2.31. The Morgan fingerprint density at radius 1 is 0.427 bits per heavy atom. The van der Waals surface area contributed by atoms with Crippen LogP contribution in [0, 0.1) is 65.4 Å². The predicted octanol–water partition coefficient (Wildman–Crippen LogP) is 14.0. The molecule has 0 spiro atoms. The second-order valence-electron chi connectivity index (χ2n) is 32.1. The number of nitrogens with zero attached hydrogens (tertiary/aromatic N) is 10.